The third-order valence-corrected chi connectivity index (χ3v) is 5.73. The Bertz CT molecular complexity index is 1570. The van der Waals surface area contributed by atoms with E-state index in [1.165, 1.54) is 6.08 Å². The maximum atomic E-state index is 12.6. The molecule has 0 atom stereocenters. The number of phenols is 1. The maximum absolute atomic E-state index is 12.6. The van der Waals surface area contributed by atoms with Crippen molar-refractivity contribution < 1.29 is 18.7 Å². The molecule has 2 N–H and O–H groups in total. The van der Waals surface area contributed by atoms with Gasteiger partial charge in [-0.15, -0.1) is 0 Å². The van der Waals surface area contributed by atoms with Gasteiger partial charge >= 0.3 is 0 Å². The van der Waals surface area contributed by atoms with Crippen LogP contribution in [0.5, 0.6) is 5.75 Å². The summed E-state index contributed by atoms with van der Waals surface area (Å²) in [5, 5.41) is 14.3. The summed E-state index contributed by atoms with van der Waals surface area (Å²) in [5.41, 5.74) is 2.98. The SMILES string of the molecule is Cc1cc(NC(=O)/C=C/c2ccc(-c3ccc(Cl)cc3Cl)o2)cc(-c2nc3ncccc3o2)c1O. The van der Waals surface area contributed by atoms with Gasteiger partial charge in [-0.1, -0.05) is 23.2 Å². The van der Waals surface area contributed by atoms with E-state index in [2.05, 4.69) is 15.3 Å². The van der Waals surface area contributed by atoms with E-state index in [1.807, 2.05) is 0 Å². The molecular formula is C26H17Cl2N3O4. The number of anilines is 1. The molecular weight excluding hydrogens is 489 g/mol. The van der Waals surface area contributed by atoms with Crippen molar-refractivity contribution in [2.75, 3.05) is 5.32 Å². The summed E-state index contributed by atoms with van der Waals surface area (Å²) in [6, 6.07) is 15.3. The van der Waals surface area contributed by atoms with Crippen molar-refractivity contribution in [3.8, 4) is 28.5 Å². The molecule has 0 bridgehead atoms. The van der Waals surface area contributed by atoms with Crippen LogP contribution in [0.2, 0.25) is 10.0 Å². The molecule has 35 heavy (non-hydrogen) atoms. The second-order valence-corrected chi connectivity index (χ2v) is 8.53. The van der Waals surface area contributed by atoms with E-state index in [0.29, 0.717) is 55.2 Å². The molecule has 0 unspecified atom stereocenters. The zero-order chi connectivity index (χ0) is 24.5. The number of hydrogen-bond donors (Lipinski definition) is 2. The quantitative estimate of drug-likeness (QED) is 0.194. The number of phenolic OH excluding ortho intramolecular Hbond substituents is 1. The highest BCUT2D eigenvalue weighted by Crippen LogP contribution is 2.36. The topological polar surface area (TPSA) is 101 Å². The zero-order valence-corrected chi connectivity index (χ0v) is 19.8. The summed E-state index contributed by atoms with van der Waals surface area (Å²) in [5.74, 6) is 0.854. The Morgan fingerprint density at radius 2 is 1.91 bits per heavy atom. The van der Waals surface area contributed by atoms with Crippen molar-refractivity contribution >= 4 is 52.1 Å². The van der Waals surface area contributed by atoms with Crippen molar-refractivity contribution in [2.24, 2.45) is 0 Å². The number of benzene rings is 2. The monoisotopic (exact) mass is 505 g/mol. The summed E-state index contributed by atoms with van der Waals surface area (Å²) in [4.78, 5) is 21.0. The van der Waals surface area contributed by atoms with Crippen LogP contribution >= 0.6 is 23.2 Å². The highest BCUT2D eigenvalue weighted by atomic mass is 35.5. The van der Waals surface area contributed by atoms with Crippen LogP contribution < -0.4 is 5.32 Å². The van der Waals surface area contributed by atoms with E-state index in [-0.39, 0.29) is 17.5 Å². The third-order valence-electron chi connectivity index (χ3n) is 5.19. The second-order valence-electron chi connectivity index (χ2n) is 7.68. The largest absolute Gasteiger partial charge is 0.507 e. The molecule has 9 heteroatoms. The van der Waals surface area contributed by atoms with Crippen LogP contribution in [0.15, 0.2) is 75.7 Å². The fraction of sp³-hybridized carbons (Fsp3) is 0.0385. The minimum absolute atomic E-state index is 0.00840. The lowest BCUT2D eigenvalue weighted by atomic mass is 10.1. The molecule has 0 saturated carbocycles. The summed E-state index contributed by atoms with van der Waals surface area (Å²) in [7, 11) is 0. The highest BCUT2D eigenvalue weighted by molar-refractivity contribution is 6.36. The van der Waals surface area contributed by atoms with Gasteiger partial charge in [0.05, 0.1) is 10.6 Å². The number of pyridine rings is 1. The summed E-state index contributed by atoms with van der Waals surface area (Å²) in [6.07, 6.45) is 4.50. The van der Waals surface area contributed by atoms with Crippen LogP contribution in [0, 0.1) is 6.92 Å². The van der Waals surface area contributed by atoms with E-state index >= 15 is 0 Å². The minimum atomic E-state index is -0.386. The first-order valence-electron chi connectivity index (χ1n) is 10.5. The lowest BCUT2D eigenvalue weighted by molar-refractivity contribution is -0.111. The summed E-state index contributed by atoms with van der Waals surface area (Å²) >= 11 is 12.2. The Kier molecular flexibility index (Phi) is 6.03. The Balaban J connectivity index is 1.34. The molecule has 0 aliphatic rings. The smallest absolute Gasteiger partial charge is 0.248 e. The number of furan rings is 1. The first kappa shape index (κ1) is 22.7. The Morgan fingerprint density at radius 1 is 1.06 bits per heavy atom. The predicted octanol–water partition coefficient (Wildman–Crippen LogP) is 7.12. The van der Waals surface area contributed by atoms with Gasteiger partial charge in [-0.05, 0) is 73.2 Å². The number of aryl methyl sites for hydroxylation is 1. The van der Waals surface area contributed by atoms with Crippen molar-refractivity contribution in [3.05, 3.63) is 88.2 Å². The second kappa shape index (κ2) is 9.29. The minimum Gasteiger partial charge on any atom is -0.507 e. The fourth-order valence-corrected chi connectivity index (χ4v) is 4.02. The number of carbonyl (C=O) groups is 1. The number of fused-ring (bicyclic) bond motifs is 1. The molecule has 0 radical (unpaired) electrons. The van der Waals surface area contributed by atoms with Crippen LogP contribution in [-0.2, 0) is 4.79 Å². The third kappa shape index (κ3) is 4.77. The van der Waals surface area contributed by atoms with Gasteiger partial charge in [-0.25, -0.2) is 4.98 Å². The van der Waals surface area contributed by atoms with Crippen LogP contribution in [0.1, 0.15) is 11.3 Å². The van der Waals surface area contributed by atoms with Gasteiger partial charge in [0.1, 0.15) is 17.3 Å². The number of hydrogen-bond acceptors (Lipinski definition) is 6. The first-order valence-corrected chi connectivity index (χ1v) is 11.2. The zero-order valence-electron chi connectivity index (χ0n) is 18.3. The molecule has 7 nitrogen and oxygen atoms in total. The van der Waals surface area contributed by atoms with Crippen molar-refractivity contribution in [1.82, 2.24) is 9.97 Å². The van der Waals surface area contributed by atoms with E-state index in [9.17, 15) is 9.90 Å². The van der Waals surface area contributed by atoms with Gasteiger partial charge in [0.15, 0.2) is 11.2 Å². The van der Waals surface area contributed by atoms with E-state index < -0.39 is 0 Å². The van der Waals surface area contributed by atoms with Gasteiger partial charge in [-0.3, -0.25) is 4.79 Å². The lowest BCUT2D eigenvalue weighted by Crippen LogP contribution is -2.08. The first-order chi connectivity index (χ1) is 16.9. The molecule has 0 aliphatic heterocycles. The highest BCUT2D eigenvalue weighted by Gasteiger charge is 2.16. The number of aromatic hydroxyl groups is 1. The number of nitrogens with zero attached hydrogens (tertiary/aromatic N) is 2. The number of rotatable bonds is 5. The van der Waals surface area contributed by atoms with Gasteiger partial charge < -0.3 is 19.3 Å². The number of amides is 1. The van der Waals surface area contributed by atoms with Gasteiger partial charge in [0, 0.05) is 28.5 Å². The van der Waals surface area contributed by atoms with Gasteiger partial charge in [-0.2, -0.15) is 4.98 Å². The molecule has 0 spiro atoms. The predicted molar refractivity (Wildman–Crippen MR) is 135 cm³/mol. The Hall–Kier alpha value is -4.07. The Labute approximate surface area is 209 Å². The van der Waals surface area contributed by atoms with Crippen LogP contribution in [-0.4, -0.2) is 21.0 Å². The summed E-state index contributed by atoms with van der Waals surface area (Å²) in [6.45, 7) is 1.72. The lowest BCUT2D eigenvalue weighted by Gasteiger charge is -2.09. The average molecular weight is 506 g/mol. The average Bonchev–Trinajstić information content (AvgIpc) is 3.47. The number of halogens is 2. The molecule has 0 aliphatic carbocycles. The molecule has 0 saturated heterocycles. The fourth-order valence-electron chi connectivity index (χ4n) is 3.52. The molecule has 5 aromatic rings. The van der Waals surface area contributed by atoms with E-state index in [4.69, 9.17) is 32.0 Å². The molecule has 1 amide bonds. The Morgan fingerprint density at radius 3 is 2.71 bits per heavy atom. The number of oxazole rings is 1. The maximum Gasteiger partial charge on any atom is 0.248 e. The van der Waals surface area contributed by atoms with Crippen molar-refractivity contribution in [2.45, 2.75) is 6.92 Å². The molecule has 5 rings (SSSR count). The van der Waals surface area contributed by atoms with E-state index in [1.54, 1.807) is 73.8 Å². The molecule has 3 aromatic heterocycles. The van der Waals surface area contributed by atoms with Crippen molar-refractivity contribution in [1.29, 1.82) is 0 Å². The van der Waals surface area contributed by atoms with Gasteiger partial charge in [0.2, 0.25) is 11.8 Å². The normalized spacial score (nSPS) is 11.4. The van der Waals surface area contributed by atoms with E-state index in [0.717, 1.165) is 0 Å². The van der Waals surface area contributed by atoms with Crippen LogP contribution in [0.25, 0.3) is 40.1 Å². The number of carbonyl (C=O) groups excluding carboxylic acids is 1. The van der Waals surface area contributed by atoms with Crippen molar-refractivity contribution in [3.63, 3.8) is 0 Å². The molecule has 3 heterocycles. The van der Waals surface area contributed by atoms with Crippen LogP contribution in [0.4, 0.5) is 5.69 Å². The number of aromatic nitrogens is 2. The summed E-state index contributed by atoms with van der Waals surface area (Å²) < 4.78 is 11.5. The number of nitrogens with one attached hydrogen (secondary N) is 1. The standard InChI is InChI=1S/C26H17Cl2N3O4/c1-14-11-16(13-19(24(14)33)26-31-25-22(35-26)3-2-10-29-25)30-23(32)9-6-17-5-8-21(34-17)18-7-4-15(27)12-20(18)28/h2-13,33H,1H3,(H,30,32)/b9-6+. The van der Waals surface area contributed by atoms with Crippen LogP contribution in [0.3, 0.4) is 0 Å². The molecule has 2 aromatic carbocycles. The molecule has 174 valence electrons. The molecule has 0 fully saturated rings. The van der Waals surface area contributed by atoms with Gasteiger partial charge in [0.25, 0.3) is 0 Å².